The van der Waals surface area contributed by atoms with Crippen molar-refractivity contribution in [2.24, 2.45) is 0 Å². The van der Waals surface area contributed by atoms with E-state index in [-0.39, 0.29) is 11.6 Å². The molecular formula is C19H19F3N4. The van der Waals surface area contributed by atoms with Gasteiger partial charge in [-0.3, -0.25) is 4.57 Å². The van der Waals surface area contributed by atoms with Crippen molar-refractivity contribution in [2.75, 3.05) is 11.9 Å². The SMILES string of the molecule is Cc1cc(-n2c(C(C)C)nc3ccc(C(F)(F)F)nc32)cc2c1NCC2. The number of nitrogens with zero attached hydrogens (tertiary/aromatic N) is 3. The topological polar surface area (TPSA) is 42.7 Å². The van der Waals surface area contributed by atoms with E-state index in [1.807, 2.05) is 32.9 Å². The summed E-state index contributed by atoms with van der Waals surface area (Å²) in [6, 6.07) is 6.39. The number of aromatic nitrogens is 3. The van der Waals surface area contributed by atoms with Gasteiger partial charge in [0.1, 0.15) is 17.0 Å². The molecule has 3 heterocycles. The zero-order valence-electron chi connectivity index (χ0n) is 14.8. The number of anilines is 1. The van der Waals surface area contributed by atoms with Crippen molar-refractivity contribution < 1.29 is 13.2 Å². The van der Waals surface area contributed by atoms with Gasteiger partial charge in [-0.1, -0.05) is 13.8 Å². The molecule has 0 saturated carbocycles. The van der Waals surface area contributed by atoms with Gasteiger partial charge < -0.3 is 5.32 Å². The second kappa shape index (κ2) is 5.72. The summed E-state index contributed by atoms with van der Waals surface area (Å²) >= 11 is 0. The van der Waals surface area contributed by atoms with Gasteiger partial charge in [-0.05, 0) is 48.7 Å². The van der Waals surface area contributed by atoms with Gasteiger partial charge in [0.05, 0.1) is 0 Å². The number of rotatable bonds is 2. The van der Waals surface area contributed by atoms with Crippen LogP contribution >= 0.6 is 0 Å². The van der Waals surface area contributed by atoms with E-state index in [1.54, 1.807) is 4.57 Å². The molecule has 2 aromatic heterocycles. The van der Waals surface area contributed by atoms with E-state index < -0.39 is 11.9 Å². The highest BCUT2D eigenvalue weighted by Gasteiger charge is 2.33. The third-order valence-electron chi connectivity index (χ3n) is 4.69. The van der Waals surface area contributed by atoms with Gasteiger partial charge >= 0.3 is 6.18 Å². The van der Waals surface area contributed by atoms with Crippen LogP contribution in [0.25, 0.3) is 16.9 Å². The Labute approximate surface area is 149 Å². The first-order valence-electron chi connectivity index (χ1n) is 8.60. The van der Waals surface area contributed by atoms with Crippen LogP contribution in [0.5, 0.6) is 0 Å². The number of imidazole rings is 1. The Morgan fingerprint density at radius 3 is 2.62 bits per heavy atom. The maximum atomic E-state index is 13.2. The maximum Gasteiger partial charge on any atom is 0.433 e. The largest absolute Gasteiger partial charge is 0.433 e. The van der Waals surface area contributed by atoms with Crippen molar-refractivity contribution in [3.8, 4) is 5.69 Å². The normalized spacial score (nSPS) is 14.1. The lowest BCUT2D eigenvalue weighted by Gasteiger charge is -2.15. The fourth-order valence-corrected chi connectivity index (χ4v) is 3.52. The fourth-order valence-electron chi connectivity index (χ4n) is 3.52. The summed E-state index contributed by atoms with van der Waals surface area (Å²) in [7, 11) is 0. The highest BCUT2D eigenvalue weighted by atomic mass is 19.4. The number of fused-ring (bicyclic) bond motifs is 2. The van der Waals surface area contributed by atoms with Crippen molar-refractivity contribution in [3.63, 3.8) is 0 Å². The standard InChI is InChI=1S/C19H19F3N4/c1-10(2)17-24-14-4-5-15(19(20,21)22)25-18(14)26(17)13-8-11(3)16-12(9-13)6-7-23-16/h4-5,8-10,23H,6-7H2,1-3H3. The number of halogens is 3. The third kappa shape index (κ3) is 2.62. The van der Waals surface area contributed by atoms with Crippen LogP contribution < -0.4 is 5.32 Å². The van der Waals surface area contributed by atoms with Gasteiger partial charge in [0.25, 0.3) is 0 Å². The second-order valence-electron chi connectivity index (χ2n) is 6.97. The minimum atomic E-state index is -4.49. The second-order valence-corrected chi connectivity index (χ2v) is 6.97. The van der Waals surface area contributed by atoms with Crippen molar-refractivity contribution in [1.29, 1.82) is 0 Å². The average Bonchev–Trinajstić information content (AvgIpc) is 3.17. The molecule has 0 saturated heterocycles. The lowest BCUT2D eigenvalue weighted by Crippen LogP contribution is -2.09. The number of aryl methyl sites for hydroxylation is 1. The number of hydrogen-bond acceptors (Lipinski definition) is 3. The van der Waals surface area contributed by atoms with Gasteiger partial charge in [0, 0.05) is 23.8 Å². The van der Waals surface area contributed by atoms with Gasteiger partial charge in [0.15, 0.2) is 5.65 Å². The Bertz CT molecular complexity index is 1000. The van der Waals surface area contributed by atoms with Gasteiger partial charge in [-0.2, -0.15) is 13.2 Å². The number of hydrogen-bond donors (Lipinski definition) is 1. The van der Waals surface area contributed by atoms with Crippen LogP contribution in [0.2, 0.25) is 0 Å². The van der Waals surface area contributed by atoms with Crippen molar-refractivity contribution >= 4 is 16.9 Å². The molecule has 4 nitrogen and oxygen atoms in total. The summed E-state index contributed by atoms with van der Waals surface area (Å²) < 4.78 is 41.2. The lowest BCUT2D eigenvalue weighted by atomic mass is 10.1. The summed E-state index contributed by atoms with van der Waals surface area (Å²) in [6.45, 7) is 6.83. The summed E-state index contributed by atoms with van der Waals surface area (Å²) in [5.41, 5.74) is 3.98. The summed E-state index contributed by atoms with van der Waals surface area (Å²) in [4.78, 5) is 8.46. The molecule has 0 fully saturated rings. The predicted octanol–water partition coefficient (Wildman–Crippen LogP) is 4.84. The lowest BCUT2D eigenvalue weighted by molar-refractivity contribution is -0.141. The Balaban J connectivity index is 2.01. The first-order chi connectivity index (χ1) is 12.3. The molecule has 0 atom stereocenters. The Morgan fingerprint density at radius 1 is 1.15 bits per heavy atom. The molecule has 1 aliphatic rings. The predicted molar refractivity (Wildman–Crippen MR) is 94.9 cm³/mol. The molecule has 1 N–H and O–H groups in total. The minimum absolute atomic E-state index is 0.0465. The Kier molecular flexibility index (Phi) is 3.71. The summed E-state index contributed by atoms with van der Waals surface area (Å²) in [5.74, 6) is 0.752. The van der Waals surface area contributed by atoms with E-state index in [4.69, 9.17) is 0 Å². The van der Waals surface area contributed by atoms with Crippen LogP contribution in [-0.2, 0) is 12.6 Å². The first kappa shape index (κ1) is 16.9. The average molecular weight is 360 g/mol. The van der Waals surface area contributed by atoms with Crippen molar-refractivity contribution in [1.82, 2.24) is 14.5 Å². The van der Waals surface area contributed by atoms with Crippen LogP contribution in [0.1, 0.15) is 42.4 Å². The van der Waals surface area contributed by atoms with Crippen molar-refractivity contribution in [2.45, 2.75) is 39.3 Å². The Hall–Kier alpha value is -2.57. The third-order valence-corrected chi connectivity index (χ3v) is 4.69. The number of alkyl halides is 3. The molecule has 136 valence electrons. The molecule has 0 spiro atoms. The zero-order valence-corrected chi connectivity index (χ0v) is 14.8. The molecule has 0 aliphatic carbocycles. The molecule has 26 heavy (non-hydrogen) atoms. The number of nitrogens with one attached hydrogen (secondary N) is 1. The van der Waals surface area contributed by atoms with E-state index >= 15 is 0 Å². The molecule has 0 amide bonds. The van der Waals surface area contributed by atoms with Crippen LogP contribution in [0, 0.1) is 6.92 Å². The van der Waals surface area contributed by atoms with Crippen molar-refractivity contribution in [3.05, 3.63) is 46.9 Å². The van der Waals surface area contributed by atoms with E-state index in [9.17, 15) is 13.2 Å². The molecular weight excluding hydrogens is 341 g/mol. The molecule has 1 aromatic carbocycles. The smallest absolute Gasteiger partial charge is 0.384 e. The molecule has 0 radical (unpaired) electrons. The number of pyridine rings is 1. The monoisotopic (exact) mass is 360 g/mol. The summed E-state index contributed by atoms with van der Waals surface area (Å²) in [6.07, 6.45) is -3.59. The van der Waals surface area contributed by atoms with Crippen LogP contribution in [-0.4, -0.2) is 21.1 Å². The molecule has 4 rings (SSSR count). The van der Waals surface area contributed by atoms with Crippen LogP contribution in [0.15, 0.2) is 24.3 Å². The molecule has 3 aromatic rings. The minimum Gasteiger partial charge on any atom is -0.384 e. The highest BCUT2D eigenvalue weighted by Crippen LogP contribution is 2.34. The zero-order chi connectivity index (χ0) is 18.6. The summed E-state index contributed by atoms with van der Waals surface area (Å²) in [5, 5.41) is 3.36. The molecule has 0 bridgehead atoms. The van der Waals surface area contributed by atoms with Crippen LogP contribution in [0.4, 0.5) is 18.9 Å². The molecule has 0 unspecified atom stereocenters. The molecule has 1 aliphatic heterocycles. The van der Waals surface area contributed by atoms with Gasteiger partial charge in [-0.15, -0.1) is 0 Å². The maximum absolute atomic E-state index is 13.2. The van der Waals surface area contributed by atoms with Gasteiger partial charge in [0.2, 0.25) is 0 Å². The van der Waals surface area contributed by atoms with E-state index in [0.29, 0.717) is 11.3 Å². The fraction of sp³-hybridized carbons (Fsp3) is 0.368. The van der Waals surface area contributed by atoms with Crippen LogP contribution in [0.3, 0.4) is 0 Å². The first-order valence-corrected chi connectivity index (χ1v) is 8.60. The Morgan fingerprint density at radius 2 is 1.92 bits per heavy atom. The van der Waals surface area contributed by atoms with E-state index in [0.717, 1.165) is 36.0 Å². The number of benzene rings is 1. The highest BCUT2D eigenvalue weighted by molar-refractivity contribution is 5.76. The van der Waals surface area contributed by atoms with Gasteiger partial charge in [-0.25, -0.2) is 9.97 Å². The van der Waals surface area contributed by atoms with E-state index in [2.05, 4.69) is 15.3 Å². The quantitative estimate of drug-likeness (QED) is 0.711. The molecule has 7 heteroatoms. The van der Waals surface area contributed by atoms with E-state index in [1.165, 1.54) is 11.6 Å².